The van der Waals surface area contributed by atoms with Gasteiger partial charge in [-0.1, -0.05) is 30.3 Å². The summed E-state index contributed by atoms with van der Waals surface area (Å²) < 4.78 is 42.0. The van der Waals surface area contributed by atoms with E-state index in [0.29, 0.717) is 13.0 Å². The molecule has 3 aromatic rings. The molecule has 1 aromatic heterocycles. The van der Waals surface area contributed by atoms with Crippen molar-refractivity contribution in [2.75, 3.05) is 0 Å². The summed E-state index contributed by atoms with van der Waals surface area (Å²) in [5.74, 6) is 0.0140. The minimum atomic E-state index is -4.67. The lowest BCUT2D eigenvalue weighted by Gasteiger charge is -2.09. The normalized spacial score (nSPS) is 11.8. The van der Waals surface area contributed by atoms with Gasteiger partial charge in [-0.2, -0.15) is 0 Å². The Labute approximate surface area is 136 Å². The number of ether oxygens (including phenoxy) is 1. The lowest BCUT2D eigenvalue weighted by atomic mass is 10.1. The van der Waals surface area contributed by atoms with Crippen LogP contribution in [-0.4, -0.2) is 16.0 Å². The fourth-order valence-electron chi connectivity index (χ4n) is 2.68. The lowest BCUT2D eigenvalue weighted by Crippen LogP contribution is -2.17. The molecule has 0 spiro atoms. The van der Waals surface area contributed by atoms with Crippen molar-refractivity contribution in [3.8, 4) is 11.6 Å². The van der Waals surface area contributed by atoms with Crippen molar-refractivity contribution < 1.29 is 23.0 Å². The standard InChI is InChI=1S/C18H16F3NO2/c19-18(20,21)24-15-9-7-13(8-10-15)4-3-11-22-12-14-5-1-2-6-16(14)17(22)23/h1-2,5-10,12,23H,3-4,11H2. The highest BCUT2D eigenvalue weighted by Gasteiger charge is 2.30. The zero-order valence-electron chi connectivity index (χ0n) is 12.8. The Morgan fingerprint density at radius 2 is 1.71 bits per heavy atom. The smallest absolute Gasteiger partial charge is 0.494 e. The van der Waals surface area contributed by atoms with Gasteiger partial charge in [0.25, 0.3) is 0 Å². The van der Waals surface area contributed by atoms with Crippen molar-refractivity contribution in [2.24, 2.45) is 0 Å². The van der Waals surface area contributed by atoms with Crippen molar-refractivity contribution in [3.63, 3.8) is 0 Å². The average molecular weight is 335 g/mol. The quantitative estimate of drug-likeness (QED) is 0.721. The molecular weight excluding hydrogens is 319 g/mol. The van der Waals surface area contributed by atoms with Crippen LogP contribution in [0.15, 0.2) is 54.7 Å². The number of fused-ring (bicyclic) bond motifs is 1. The number of alkyl halides is 3. The van der Waals surface area contributed by atoms with Gasteiger partial charge in [-0.25, -0.2) is 0 Å². The Morgan fingerprint density at radius 3 is 2.38 bits per heavy atom. The number of aromatic nitrogens is 1. The van der Waals surface area contributed by atoms with Gasteiger partial charge in [0.15, 0.2) is 5.88 Å². The third-order valence-electron chi connectivity index (χ3n) is 3.79. The average Bonchev–Trinajstić information content (AvgIpc) is 2.85. The molecule has 0 saturated heterocycles. The van der Waals surface area contributed by atoms with Crippen LogP contribution in [0.5, 0.6) is 11.6 Å². The number of benzene rings is 2. The SMILES string of the molecule is Oc1c2ccccc2cn1CCCc1ccc(OC(F)(F)F)cc1. The Hall–Kier alpha value is -2.63. The van der Waals surface area contributed by atoms with Crippen LogP contribution in [0.25, 0.3) is 10.8 Å². The van der Waals surface area contributed by atoms with Gasteiger partial charge in [0.2, 0.25) is 0 Å². The van der Waals surface area contributed by atoms with E-state index in [1.54, 1.807) is 16.7 Å². The van der Waals surface area contributed by atoms with Crippen molar-refractivity contribution in [1.82, 2.24) is 4.57 Å². The third-order valence-corrected chi connectivity index (χ3v) is 3.79. The highest BCUT2D eigenvalue weighted by atomic mass is 19.4. The van der Waals surface area contributed by atoms with E-state index in [1.165, 1.54) is 12.1 Å². The summed E-state index contributed by atoms with van der Waals surface area (Å²) in [7, 11) is 0. The van der Waals surface area contributed by atoms with Crippen molar-refractivity contribution in [3.05, 3.63) is 60.3 Å². The van der Waals surface area contributed by atoms with Gasteiger partial charge in [0.05, 0.1) is 0 Å². The summed E-state index contributed by atoms with van der Waals surface area (Å²) in [6, 6.07) is 13.4. The number of halogens is 3. The topological polar surface area (TPSA) is 34.4 Å². The van der Waals surface area contributed by atoms with E-state index < -0.39 is 6.36 Å². The highest BCUT2D eigenvalue weighted by Crippen LogP contribution is 2.27. The van der Waals surface area contributed by atoms with Crippen LogP contribution in [0.3, 0.4) is 0 Å². The van der Waals surface area contributed by atoms with Crippen molar-refractivity contribution >= 4 is 10.8 Å². The van der Waals surface area contributed by atoms with E-state index in [4.69, 9.17) is 0 Å². The molecule has 0 aliphatic heterocycles. The van der Waals surface area contributed by atoms with Crippen LogP contribution in [0, 0.1) is 0 Å². The van der Waals surface area contributed by atoms with Crippen molar-refractivity contribution in [2.45, 2.75) is 25.7 Å². The zero-order chi connectivity index (χ0) is 17.2. The van der Waals surface area contributed by atoms with Crippen LogP contribution >= 0.6 is 0 Å². The molecule has 0 atom stereocenters. The van der Waals surface area contributed by atoms with Crippen LogP contribution in [0.1, 0.15) is 12.0 Å². The van der Waals surface area contributed by atoms with E-state index >= 15 is 0 Å². The minimum absolute atomic E-state index is 0.222. The number of hydrogen-bond acceptors (Lipinski definition) is 2. The summed E-state index contributed by atoms with van der Waals surface area (Å²) in [4.78, 5) is 0. The van der Waals surface area contributed by atoms with Gasteiger partial charge in [0, 0.05) is 23.5 Å². The molecule has 0 bridgehead atoms. The van der Waals surface area contributed by atoms with E-state index in [0.717, 1.165) is 22.8 Å². The Kier molecular flexibility index (Phi) is 4.38. The second-order valence-corrected chi connectivity index (χ2v) is 5.53. The number of rotatable bonds is 5. The fraction of sp³-hybridized carbons (Fsp3) is 0.222. The first-order valence-corrected chi connectivity index (χ1v) is 7.54. The second-order valence-electron chi connectivity index (χ2n) is 5.53. The number of nitrogens with zero attached hydrogens (tertiary/aromatic N) is 1. The molecule has 3 nitrogen and oxygen atoms in total. The highest BCUT2D eigenvalue weighted by molar-refractivity contribution is 5.87. The Bertz CT molecular complexity index is 822. The van der Waals surface area contributed by atoms with E-state index in [1.807, 2.05) is 30.5 Å². The summed E-state index contributed by atoms with van der Waals surface area (Å²) in [5.41, 5.74) is 0.917. The van der Waals surface area contributed by atoms with E-state index in [9.17, 15) is 18.3 Å². The molecule has 0 radical (unpaired) electrons. The molecule has 1 heterocycles. The lowest BCUT2D eigenvalue weighted by molar-refractivity contribution is -0.274. The molecule has 24 heavy (non-hydrogen) atoms. The Morgan fingerprint density at radius 1 is 1.00 bits per heavy atom. The van der Waals surface area contributed by atoms with Gasteiger partial charge in [-0.3, -0.25) is 0 Å². The molecule has 6 heteroatoms. The molecule has 0 aliphatic carbocycles. The second kappa shape index (κ2) is 6.47. The van der Waals surface area contributed by atoms with Gasteiger partial charge in [-0.05, 0) is 36.6 Å². The largest absolute Gasteiger partial charge is 0.573 e. The predicted molar refractivity (Wildman–Crippen MR) is 85.0 cm³/mol. The molecule has 0 unspecified atom stereocenters. The molecule has 2 aromatic carbocycles. The van der Waals surface area contributed by atoms with Gasteiger partial charge < -0.3 is 14.4 Å². The summed E-state index contributed by atoms with van der Waals surface area (Å²) in [5, 5.41) is 12.0. The number of aryl methyl sites for hydroxylation is 2. The fourth-order valence-corrected chi connectivity index (χ4v) is 2.68. The van der Waals surface area contributed by atoms with Crippen LogP contribution in [0.2, 0.25) is 0 Å². The first-order chi connectivity index (χ1) is 11.4. The maximum Gasteiger partial charge on any atom is 0.573 e. The van der Waals surface area contributed by atoms with Crippen LogP contribution in [0.4, 0.5) is 13.2 Å². The zero-order valence-corrected chi connectivity index (χ0v) is 12.8. The summed E-state index contributed by atoms with van der Waals surface area (Å²) >= 11 is 0. The van der Waals surface area contributed by atoms with Gasteiger partial charge >= 0.3 is 6.36 Å². The van der Waals surface area contributed by atoms with E-state index in [-0.39, 0.29) is 11.6 Å². The Balaban J connectivity index is 1.58. The monoisotopic (exact) mass is 335 g/mol. The molecule has 126 valence electrons. The van der Waals surface area contributed by atoms with Gasteiger partial charge in [-0.15, -0.1) is 13.2 Å². The van der Waals surface area contributed by atoms with E-state index in [2.05, 4.69) is 4.74 Å². The predicted octanol–water partition coefficient (Wildman–Crippen LogP) is 4.88. The third kappa shape index (κ3) is 3.82. The van der Waals surface area contributed by atoms with Crippen LogP contribution < -0.4 is 4.74 Å². The van der Waals surface area contributed by atoms with Crippen LogP contribution in [-0.2, 0) is 13.0 Å². The number of aromatic hydroxyl groups is 1. The van der Waals surface area contributed by atoms with Gasteiger partial charge in [0.1, 0.15) is 5.75 Å². The molecular formula is C18H16F3NO2. The molecule has 0 aliphatic rings. The molecule has 0 saturated carbocycles. The maximum atomic E-state index is 12.1. The summed E-state index contributed by atoms with van der Waals surface area (Å²) in [6.45, 7) is 0.626. The summed E-state index contributed by atoms with van der Waals surface area (Å²) in [6.07, 6.45) is -1.32. The number of hydrogen-bond donors (Lipinski definition) is 1. The molecule has 0 fully saturated rings. The first-order valence-electron chi connectivity index (χ1n) is 7.54. The molecule has 1 N–H and O–H groups in total. The molecule has 3 rings (SSSR count). The first kappa shape index (κ1) is 16.2. The molecule has 0 amide bonds. The minimum Gasteiger partial charge on any atom is -0.494 e. The van der Waals surface area contributed by atoms with Crippen molar-refractivity contribution in [1.29, 1.82) is 0 Å². The maximum absolute atomic E-state index is 12.1.